The molecule has 0 saturated heterocycles. The number of carbonyl (C=O) groups is 1. The van der Waals surface area contributed by atoms with E-state index >= 15 is 0 Å². The summed E-state index contributed by atoms with van der Waals surface area (Å²) in [4.78, 5) is 11.3. The molecule has 0 atom stereocenters. The van der Waals surface area contributed by atoms with E-state index in [4.69, 9.17) is 9.52 Å². The van der Waals surface area contributed by atoms with Crippen molar-refractivity contribution in [2.75, 3.05) is 0 Å². The van der Waals surface area contributed by atoms with Gasteiger partial charge in [0.05, 0.1) is 0 Å². The first kappa shape index (κ1) is 15.7. The minimum atomic E-state index is -3.86. The molecular weight excluding hydrogens is 438 g/mol. The van der Waals surface area contributed by atoms with Crippen molar-refractivity contribution in [1.82, 2.24) is 4.72 Å². The Hall–Kier alpha value is -0.680. The molecule has 2 N–H and O–H groups in total. The Morgan fingerprint density at radius 2 is 2.10 bits per heavy atom. The van der Waals surface area contributed by atoms with Crippen molar-refractivity contribution in [2.45, 2.75) is 11.4 Å². The van der Waals surface area contributed by atoms with Crippen LogP contribution >= 0.6 is 43.2 Å². The number of aromatic carboxylic acids is 1. The maximum Gasteiger partial charge on any atom is 0.371 e. The molecule has 6 nitrogen and oxygen atoms in total. The van der Waals surface area contributed by atoms with Crippen molar-refractivity contribution in [3.63, 3.8) is 0 Å². The Morgan fingerprint density at radius 3 is 2.60 bits per heavy atom. The van der Waals surface area contributed by atoms with Gasteiger partial charge >= 0.3 is 5.97 Å². The molecule has 0 spiro atoms. The number of nitrogens with one attached hydrogen (secondary N) is 1. The topological polar surface area (TPSA) is 96.6 Å². The van der Waals surface area contributed by atoms with E-state index in [1.807, 2.05) is 5.38 Å². The lowest BCUT2D eigenvalue weighted by atomic mass is 10.5. The fraction of sp³-hybridized carbons (Fsp3) is 0.100. The number of hydrogen-bond donors (Lipinski definition) is 2. The Morgan fingerprint density at radius 1 is 1.40 bits per heavy atom. The second-order valence-corrected chi connectivity index (χ2v) is 7.98. The maximum atomic E-state index is 12.1. The molecule has 10 heteroatoms. The Labute approximate surface area is 135 Å². The summed E-state index contributed by atoms with van der Waals surface area (Å²) in [6, 6.07) is 2.75. The number of furan rings is 1. The van der Waals surface area contributed by atoms with Gasteiger partial charge in [0, 0.05) is 27.3 Å². The van der Waals surface area contributed by atoms with E-state index < -0.39 is 21.8 Å². The first-order valence-electron chi connectivity index (χ1n) is 5.05. The summed E-state index contributed by atoms with van der Waals surface area (Å²) in [5, 5.41) is 10.6. The van der Waals surface area contributed by atoms with E-state index in [-0.39, 0.29) is 16.1 Å². The molecule has 0 bridgehead atoms. The molecule has 0 radical (unpaired) electrons. The van der Waals surface area contributed by atoms with E-state index in [0.29, 0.717) is 0 Å². The second kappa shape index (κ2) is 5.98. The number of thiophene rings is 1. The fourth-order valence-corrected chi connectivity index (χ4v) is 4.76. The van der Waals surface area contributed by atoms with E-state index in [1.165, 1.54) is 11.3 Å². The zero-order valence-corrected chi connectivity index (χ0v) is 14.4. The molecule has 0 unspecified atom stereocenters. The smallest absolute Gasteiger partial charge is 0.371 e. The standard InChI is InChI=1S/C10H7Br2NO5S2/c11-5-1-6(19-4-5)3-13-20(16,17)8-2-7(10(14)15)18-9(8)12/h1-2,4,13H,3H2,(H,14,15). The van der Waals surface area contributed by atoms with Crippen LogP contribution in [0.2, 0.25) is 0 Å². The monoisotopic (exact) mass is 443 g/mol. The number of carboxylic acid groups (broad SMARTS) is 1. The van der Waals surface area contributed by atoms with Crippen LogP contribution < -0.4 is 4.72 Å². The van der Waals surface area contributed by atoms with Crippen LogP contribution in [0.15, 0.2) is 36.0 Å². The van der Waals surface area contributed by atoms with Crippen LogP contribution in [0.25, 0.3) is 0 Å². The SMILES string of the molecule is O=C(O)c1cc(S(=O)(=O)NCc2cc(Br)cs2)c(Br)o1. The largest absolute Gasteiger partial charge is 0.475 e. The molecule has 0 fully saturated rings. The highest BCUT2D eigenvalue weighted by molar-refractivity contribution is 9.10. The Bertz CT molecular complexity index is 750. The highest BCUT2D eigenvalue weighted by atomic mass is 79.9. The van der Waals surface area contributed by atoms with Crippen LogP contribution in [-0.4, -0.2) is 19.5 Å². The molecular formula is C10H7Br2NO5S2. The first-order valence-corrected chi connectivity index (χ1v) is 8.99. The molecule has 2 aromatic rings. The van der Waals surface area contributed by atoms with Gasteiger partial charge in [0.15, 0.2) is 4.67 Å². The molecule has 0 amide bonds. The summed E-state index contributed by atoms with van der Waals surface area (Å²) in [6.45, 7) is 0.110. The summed E-state index contributed by atoms with van der Waals surface area (Å²) >= 11 is 7.57. The third kappa shape index (κ3) is 3.50. The molecule has 0 aliphatic heterocycles. The molecule has 0 aliphatic carbocycles. The van der Waals surface area contributed by atoms with Gasteiger partial charge in [-0.15, -0.1) is 11.3 Å². The van der Waals surface area contributed by atoms with Gasteiger partial charge in [0.2, 0.25) is 15.8 Å². The third-order valence-electron chi connectivity index (χ3n) is 2.21. The van der Waals surface area contributed by atoms with Crippen LogP contribution in [0.5, 0.6) is 0 Å². The lowest BCUT2D eigenvalue weighted by molar-refractivity contribution is 0.0661. The first-order chi connectivity index (χ1) is 9.29. The lowest BCUT2D eigenvalue weighted by Crippen LogP contribution is -2.22. The van der Waals surface area contributed by atoms with Gasteiger partial charge in [-0.1, -0.05) is 0 Å². The van der Waals surface area contributed by atoms with Crippen molar-refractivity contribution in [1.29, 1.82) is 0 Å². The fourth-order valence-electron chi connectivity index (χ4n) is 1.33. The van der Waals surface area contributed by atoms with Crippen molar-refractivity contribution >= 4 is 59.2 Å². The van der Waals surface area contributed by atoms with E-state index in [9.17, 15) is 13.2 Å². The van der Waals surface area contributed by atoms with E-state index in [2.05, 4.69) is 36.6 Å². The van der Waals surface area contributed by atoms with Crippen molar-refractivity contribution in [3.8, 4) is 0 Å². The molecule has 20 heavy (non-hydrogen) atoms. The van der Waals surface area contributed by atoms with Crippen molar-refractivity contribution in [3.05, 3.63) is 37.3 Å². The van der Waals surface area contributed by atoms with Crippen molar-refractivity contribution in [2.24, 2.45) is 0 Å². The van der Waals surface area contributed by atoms with Gasteiger partial charge in [0.1, 0.15) is 4.90 Å². The summed E-state index contributed by atoms with van der Waals surface area (Å²) in [5.41, 5.74) is 0. The Kier molecular flexibility index (Phi) is 4.69. The van der Waals surface area contributed by atoms with Gasteiger partial charge in [-0.3, -0.25) is 0 Å². The molecule has 2 rings (SSSR count). The number of hydrogen-bond acceptors (Lipinski definition) is 5. The predicted octanol–water partition coefficient (Wildman–Crippen LogP) is 3.04. The van der Waals surface area contributed by atoms with Gasteiger partial charge in [-0.05, 0) is 37.9 Å². The zero-order valence-electron chi connectivity index (χ0n) is 9.59. The van der Waals surface area contributed by atoms with Gasteiger partial charge in [-0.2, -0.15) is 0 Å². The lowest BCUT2D eigenvalue weighted by Gasteiger charge is -2.03. The highest BCUT2D eigenvalue weighted by Crippen LogP contribution is 2.26. The zero-order chi connectivity index (χ0) is 14.9. The number of rotatable bonds is 5. The number of halogens is 2. The summed E-state index contributed by atoms with van der Waals surface area (Å²) in [6.07, 6.45) is 0. The average Bonchev–Trinajstić information content (AvgIpc) is 2.93. The van der Waals surface area contributed by atoms with Gasteiger partial charge < -0.3 is 9.52 Å². The molecule has 0 aliphatic rings. The van der Waals surface area contributed by atoms with Crippen LogP contribution in [0.3, 0.4) is 0 Å². The Balaban J connectivity index is 2.20. The van der Waals surface area contributed by atoms with Crippen LogP contribution in [0, 0.1) is 0 Å². The van der Waals surface area contributed by atoms with Crippen molar-refractivity contribution < 1.29 is 22.7 Å². The van der Waals surface area contributed by atoms with E-state index in [0.717, 1.165) is 15.4 Å². The average molecular weight is 445 g/mol. The summed E-state index contributed by atoms with van der Waals surface area (Å²) < 4.78 is 32.1. The molecule has 108 valence electrons. The molecule has 0 aromatic carbocycles. The van der Waals surface area contributed by atoms with Crippen LogP contribution in [0.4, 0.5) is 0 Å². The summed E-state index contributed by atoms with van der Waals surface area (Å²) in [5.74, 6) is -1.79. The summed E-state index contributed by atoms with van der Waals surface area (Å²) in [7, 11) is -3.86. The molecule has 0 saturated carbocycles. The minimum absolute atomic E-state index is 0.110. The number of sulfonamides is 1. The highest BCUT2D eigenvalue weighted by Gasteiger charge is 2.24. The normalized spacial score (nSPS) is 11.7. The molecule has 2 aromatic heterocycles. The number of carboxylic acids is 1. The van der Waals surface area contributed by atoms with E-state index in [1.54, 1.807) is 6.07 Å². The van der Waals surface area contributed by atoms with Crippen LogP contribution in [-0.2, 0) is 16.6 Å². The second-order valence-electron chi connectivity index (χ2n) is 3.61. The minimum Gasteiger partial charge on any atom is -0.475 e. The maximum absolute atomic E-state index is 12.1. The predicted molar refractivity (Wildman–Crippen MR) is 79.4 cm³/mol. The molecule has 2 heterocycles. The van der Waals surface area contributed by atoms with Gasteiger partial charge in [0.25, 0.3) is 0 Å². The van der Waals surface area contributed by atoms with Gasteiger partial charge in [-0.25, -0.2) is 17.9 Å². The quantitative estimate of drug-likeness (QED) is 0.738. The third-order valence-corrected chi connectivity index (χ3v) is 6.17. The van der Waals surface area contributed by atoms with Crippen LogP contribution in [0.1, 0.15) is 15.4 Å².